The van der Waals surface area contributed by atoms with Crippen LogP contribution in [0.2, 0.25) is 0 Å². The third kappa shape index (κ3) is 2.07. The van der Waals surface area contributed by atoms with Crippen molar-refractivity contribution in [1.29, 1.82) is 0 Å². The molecule has 0 bridgehead atoms. The highest BCUT2D eigenvalue weighted by Gasteiger charge is 2.28. The molecule has 4 nitrogen and oxygen atoms in total. The summed E-state index contributed by atoms with van der Waals surface area (Å²) in [5.41, 5.74) is 2.06. The number of phenols is 1. The van der Waals surface area contributed by atoms with E-state index in [-0.39, 0.29) is 5.92 Å². The second-order valence-electron chi connectivity index (χ2n) is 5.33. The molecule has 3 N–H and O–H groups in total. The molecule has 0 aliphatic heterocycles. The van der Waals surface area contributed by atoms with Crippen LogP contribution in [0.4, 0.5) is 0 Å². The lowest BCUT2D eigenvalue weighted by molar-refractivity contribution is -0.142. The minimum absolute atomic E-state index is 0.199. The van der Waals surface area contributed by atoms with Crippen molar-refractivity contribution >= 4 is 16.9 Å². The van der Waals surface area contributed by atoms with E-state index in [9.17, 15) is 9.90 Å². The van der Waals surface area contributed by atoms with Crippen molar-refractivity contribution in [2.45, 2.75) is 31.6 Å². The number of aromatic nitrogens is 1. The number of aliphatic carboxylic acids is 1. The molecule has 0 amide bonds. The highest BCUT2D eigenvalue weighted by molar-refractivity contribution is 5.89. The summed E-state index contributed by atoms with van der Waals surface area (Å²) in [5.74, 6) is -0.234. The summed E-state index contributed by atoms with van der Waals surface area (Å²) >= 11 is 0. The van der Waals surface area contributed by atoms with Crippen LogP contribution in [0.1, 0.15) is 37.2 Å². The van der Waals surface area contributed by atoms with Crippen molar-refractivity contribution in [3.8, 4) is 5.75 Å². The fourth-order valence-corrected chi connectivity index (χ4v) is 3.16. The maximum absolute atomic E-state index is 11.0. The minimum atomic E-state index is -0.680. The second kappa shape index (κ2) is 4.61. The van der Waals surface area contributed by atoms with E-state index in [4.69, 9.17) is 5.11 Å². The number of hydrogen-bond donors (Lipinski definition) is 3. The van der Waals surface area contributed by atoms with E-state index in [0.29, 0.717) is 11.7 Å². The molecule has 0 unspecified atom stereocenters. The van der Waals surface area contributed by atoms with Crippen LogP contribution in [-0.4, -0.2) is 21.2 Å². The summed E-state index contributed by atoms with van der Waals surface area (Å²) in [7, 11) is 0. The van der Waals surface area contributed by atoms with Crippen LogP contribution in [0.3, 0.4) is 0 Å². The predicted molar refractivity (Wildman–Crippen MR) is 72.3 cm³/mol. The lowest BCUT2D eigenvalue weighted by atomic mass is 9.78. The molecule has 2 aromatic rings. The smallest absolute Gasteiger partial charge is 0.306 e. The van der Waals surface area contributed by atoms with Crippen molar-refractivity contribution < 1.29 is 15.0 Å². The van der Waals surface area contributed by atoms with E-state index in [2.05, 4.69) is 4.98 Å². The van der Waals surface area contributed by atoms with E-state index in [1.807, 2.05) is 18.3 Å². The number of carboxylic acid groups (broad SMARTS) is 1. The molecule has 1 aromatic heterocycles. The predicted octanol–water partition coefficient (Wildman–Crippen LogP) is 3.23. The van der Waals surface area contributed by atoms with Gasteiger partial charge in [-0.1, -0.05) is 6.07 Å². The largest absolute Gasteiger partial charge is 0.507 e. The van der Waals surface area contributed by atoms with Crippen molar-refractivity contribution in [3.05, 3.63) is 30.0 Å². The van der Waals surface area contributed by atoms with Crippen LogP contribution in [0.25, 0.3) is 10.9 Å². The number of H-pyrrole nitrogens is 1. The first kappa shape index (κ1) is 12.1. The fraction of sp³-hybridized carbons (Fsp3) is 0.400. The Labute approximate surface area is 111 Å². The number of nitrogens with one attached hydrogen (secondary N) is 1. The Bertz CT molecular complexity index is 609. The third-order valence-corrected chi connectivity index (χ3v) is 4.23. The Balaban J connectivity index is 1.88. The van der Waals surface area contributed by atoms with E-state index in [0.717, 1.165) is 42.1 Å². The van der Waals surface area contributed by atoms with Gasteiger partial charge in [0, 0.05) is 17.1 Å². The van der Waals surface area contributed by atoms with Gasteiger partial charge in [-0.05, 0) is 49.3 Å². The topological polar surface area (TPSA) is 73.3 Å². The van der Waals surface area contributed by atoms with Gasteiger partial charge in [0.15, 0.2) is 0 Å². The molecule has 19 heavy (non-hydrogen) atoms. The minimum Gasteiger partial charge on any atom is -0.507 e. The molecule has 100 valence electrons. The molecule has 0 spiro atoms. The van der Waals surface area contributed by atoms with Crippen LogP contribution in [0.5, 0.6) is 5.75 Å². The molecular weight excluding hydrogens is 242 g/mol. The Morgan fingerprint density at radius 1 is 1.21 bits per heavy atom. The molecular formula is C15H17NO3. The normalized spacial score (nSPS) is 23.6. The molecule has 0 atom stereocenters. The molecule has 4 heteroatoms. The highest BCUT2D eigenvalue weighted by Crippen LogP contribution is 2.40. The number of carbonyl (C=O) groups is 1. The van der Waals surface area contributed by atoms with Crippen LogP contribution < -0.4 is 0 Å². The first-order valence-corrected chi connectivity index (χ1v) is 6.68. The van der Waals surface area contributed by atoms with Crippen LogP contribution in [-0.2, 0) is 4.79 Å². The zero-order valence-electron chi connectivity index (χ0n) is 10.6. The van der Waals surface area contributed by atoms with Crippen LogP contribution in [0, 0.1) is 5.92 Å². The van der Waals surface area contributed by atoms with Crippen molar-refractivity contribution in [3.63, 3.8) is 0 Å². The molecule has 1 aromatic carbocycles. The molecule has 1 saturated carbocycles. The van der Waals surface area contributed by atoms with Gasteiger partial charge in [0.25, 0.3) is 0 Å². The van der Waals surface area contributed by atoms with Gasteiger partial charge in [0.2, 0.25) is 0 Å². The van der Waals surface area contributed by atoms with Gasteiger partial charge in [-0.25, -0.2) is 0 Å². The number of fused-ring (bicyclic) bond motifs is 1. The summed E-state index contributed by atoms with van der Waals surface area (Å²) < 4.78 is 0. The summed E-state index contributed by atoms with van der Waals surface area (Å²) in [4.78, 5) is 14.2. The number of aromatic amines is 1. The Morgan fingerprint density at radius 3 is 2.63 bits per heavy atom. The lowest BCUT2D eigenvalue weighted by Gasteiger charge is -2.25. The standard InChI is InChI=1S/C15H17NO3/c17-13-3-1-2-12-14(13)11(8-16-12)9-4-6-10(7-5-9)15(18)19/h1-3,8-10,16-17H,4-7H2,(H,18,19). The summed E-state index contributed by atoms with van der Waals surface area (Å²) in [6, 6.07) is 5.46. The molecule has 1 fully saturated rings. The maximum atomic E-state index is 11.0. The second-order valence-corrected chi connectivity index (χ2v) is 5.33. The number of phenolic OH excluding ortho intramolecular Hbond substituents is 1. The molecule has 1 aliphatic rings. The zero-order valence-corrected chi connectivity index (χ0v) is 10.6. The van der Waals surface area contributed by atoms with Gasteiger partial charge in [-0.2, -0.15) is 0 Å². The number of aromatic hydroxyl groups is 1. The Kier molecular flexibility index (Phi) is 2.93. The first-order valence-electron chi connectivity index (χ1n) is 6.68. The van der Waals surface area contributed by atoms with Gasteiger partial charge < -0.3 is 15.2 Å². The van der Waals surface area contributed by atoms with E-state index >= 15 is 0 Å². The average molecular weight is 259 g/mol. The molecule has 3 rings (SSSR count). The highest BCUT2D eigenvalue weighted by atomic mass is 16.4. The van der Waals surface area contributed by atoms with Crippen molar-refractivity contribution in [2.75, 3.05) is 0 Å². The Morgan fingerprint density at radius 2 is 1.95 bits per heavy atom. The first-order chi connectivity index (χ1) is 9.16. The summed E-state index contributed by atoms with van der Waals surface area (Å²) in [6.45, 7) is 0. The monoisotopic (exact) mass is 259 g/mol. The van der Waals surface area contributed by atoms with E-state index in [1.165, 1.54) is 0 Å². The zero-order chi connectivity index (χ0) is 13.4. The number of hydrogen-bond acceptors (Lipinski definition) is 2. The number of rotatable bonds is 2. The SMILES string of the molecule is O=C(O)C1CCC(c2c[nH]c3cccc(O)c23)CC1. The number of carboxylic acids is 1. The van der Waals surface area contributed by atoms with Gasteiger partial charge in [-0.3, -0.25) is 4.79 Å². The average Bonchev–Trinajstić information content (AvgIpc) is 2.84. The van der Waals surface area contributed by atoms with Crippen LogP contribution in [0.15, 0.2) is 24.4 Å². The van der Waals surface area contributed by atoms with E-state index < -0.39 is 5.97 Å². The van der Waals surface area contributed by atoms with Crippen molar-refractivity contribution in [1.82, 2.24) is 4.98 Å². The van der Waals surface area contributed by atoms with Gasteiger partial charge in [0.05, 0.1) is 5.92 Å². The van der Waals surface area contributed by atoms with Crippen molar-refractivity contribution in [2.24, 2.45) is 5.92 Å². The van der Waals surface area contributed by atoms with Gasteiger partial charge >= 0.3 is 5.97 Å². The quantitative estimate of drug-likeness (QED) is 0.775. The third-order valence-electron chi connectivity index (χ3n) is 4.23. The fourth-order valence-electron chi connectivity index (χ4n) is 3.16. The molecule has 0 radical (unpaired) electrons. The maximum Gasteiger partial charge on any atom is 0.306 e. The number of benzene rings is 1. The molecule has 0 saturated heterocycles. The van der Waals surface area contributed by atoms with E-state index in [1.54, 1.807) is 6.07 Å². The van der Waals surface area contributed by atoms with Crippen LogP contribution >= 0.6 is 0 Å². The molecule has 1 aliphatic carbocycles. The van der Waals surface area contributed by atoms with Gasteiger partial charge in [-0.15, -0.1) is 0 Å². The summed E-state index contributed by atoms with van der Waals surface area (Å²) in [6.07, 6.45) is 5.15. The van der Waals surface area contributed by atoms with Gasteiger partial charge in [0.1, 0.15) is 5.75 Å². The molecule has 1 heterocycles. The summed E-state index contributed by atoms with van der Waals surface area (Å²) in [5, 5.41) is 19.9. The lowest BCUT2D eigenvalue weighted by Crippen LogP contribution is -2.20. The Hall–Kier alpha value is -1.97.